The fraction of sp³-hybridized carbons (Fsp3) is 0.500. The van der Waals surface area contributed by atoms with E-state index in [4.69, 9.17) is 5.26 Å². The van der Waals surface area contributed by atoms with E-state index in [1.165, 1.54) is 18.7 Å². The number of nitriles is 1. The minimum Gasteiger partial charge on any atom is -0.334 e. The fourth-order valence-corrected chi connectivity index (χ4v) is 1.68. The molecule has 90 valence electrons. The predicted molar refractivity (Wildman–Crippen MR) is 63.0 cm³/mol. The SMILES string of the molecule is CC(C)CC(C)(C#N)NC(=O)c1cncnc1. The van der Waals surface area contributed by atoms with Crippen molar-refractivity contribution < 1.29 is 4.79 Å². The van der Waals surface area contributed by atoms with Crippen molar-refractivity contribution in [3.05, 3.63) is 24.3 Å². The first kappa shape index (κ1) is 13.1. The van der Waals surface area contributed by atoms with Crippen molar-refractivity contribution in [2.75, 3.05) is 0 Å². The number of rotatable bonds is 4. The first-order chi connectivity index (χ1) is 7.97. The van der Waals surface area contributed by atoms with E-state index in [-0.39, 0.29) is 5.91 Å². The van der Waals surface area contributed by atoms with E-state index in [1.807, 2.05) is 13.8 Å². The molecule has 0 spiro atoms. The summed E-state index contributed by atoms with van der Waals surface area (Å²) in [6.45, 7) is 5.73. The van der Waals surface area contributed by atoms with Crippen molar-refractivity contribution in [2.24, 2.45) is 5.92 Å². The Labute approximate surface area is 101 Å². The summed E-state index contributed by atoms with van der Waals surface area (Å²) in [5, 5.41) is 11.8. The summed E-state index contributed by atoms with van der Waals surface area (Å²) in [7, 11) is 0. The molecule has 0 aliphatic heterocycles. The quantitative estimate of drug-likeness (QED) is 0.853. The molecule has 5 nitrogen and oxygen atoms in total. The maximum Gasteiger partial charge on any atom is 0.255 e. The van der Waals surface area contributed by atoms with Crippen LogP contribution in [0.5, 0.6) is 0 Å². The number of carbonyl (C=O) groups is 1. The topological polar surface area (TPSA) is 78.7 Å². The van der Waals surface area contributed by atoms with Crippen LogP contribution in [-0.4, -0.2) is 21.4 Å². The van der Waals surface area contributed by atoms with Gasteiger partial charge in [-0.25, -0.2) is 9.97 Å². The standard InChI is InChI=1S/C12H16N4O/c1-9(2)4-12(3,7-13)16-11(17)10-5-14-8-15-6-10/h5-6,8-9H,4H2,1-3H3,(H,16,17). The second-order valence-electron chi connectivity index (χ2n) is 4.62. The van der Waals surface area contributed by atoms with Gasteiger partial charge >= 0.3 is 0 Å². The van der Waals surface area contributed by atoms with Gasteiger partial charge in [0.15, 0.2) is 0 Å². The zero-order valence-corrected chi connectivity index (χ0v) is 10.3. The lowest BCUT2D eigenvalue weighted by molar-refractivity contribution is 0.0917. The van der Waals surface area contributed by atoms with Gasteiger partial charge in [0.2, 0.25) is 0 Å². The molecular weight excluding hydrogens is 216 g/mol. The van der Waals surface area contributed by atoms with Gasteiger partial charge in [-0.15, -0.1) is 0 Å². The van der Waals surface area contributed by atoms with Crippen LogP contribution in [0, 0.1) is 17.2 Å². The second-order valence-corrected chi connectivity index (χ2v) is 4.62. The molecule has 0 aliphatic carbocycles. The third kappa shape index (κ3) is 3.83. The highest BCUT2D eigenvalue weighted by Crippen LogP contribution is 2.16. The van der Waals surface area contributed by atoms with Gasteiger partial charge in [0.1, 0.15) is 11.9 Å². The van der Waals surface area contributed by atoms with E-state index in [0.717, 1.165) is 0 Å². The molecule has 5 heteroatoms. The van der Waals surface area contributed by atoms with Crippen molar-refractivity contribution in [1.29, 1.82) is 5.26 Å². The lowest BCUT2D eigenvalue weighted by atomic mass is 9.92. The smallest absolute Gasteiger partial charge is 0.255 e. The summed E-state index contributed by atoms with van der Waals surface area (Å²) in [4.78, 5) is 19.4. The average molecular weight is 232 g/mol. The molecule has 0 fully saturated rings. The molecule has 17 heavy (non-hydrogen) atoms. The van der Waals surface area contributed by atoms with Crippen molar-refractivity contribution in [3.63, 3.8) is 0 Å². The summed E-state index contributed by atoms with van der Waals surface area (Å²) in [6, 6.07) is 2.14. The molecule has 0 aromatic carbocycles. The van der Waals surface area contributed by atoms with E-state index in [1.54, 1.807) is 6.92 Å². The molecule has 1 rings (SSSR count). The maximum atomic E-state index is 11.9. The Morgan fingerprint density at radius 1 is 1.53 bits per heavy atom. The summed E-state index contributed by atoms with van der Waals surface area (Å²) < 4.78 is 0. The predicted octanol–water partition coefficient (Wildman–Crippen LogP) is 1.53. The third-order valence-electron chi connectivity index (χ3n) is 2.28. The van der Waals surface area contributed by atoms with E-state index in [9.17, 15) is 4.79 Å². The van der Waals surface area contributed by atoms with Gasteiger partial charge in [-0.2, -0.15) is 5.26 Å². The van der Waals surface area contributed by atoms with E-state index in [2.05, 4.69) is 21.4 Å². The molecule has 1 aromatic rings. The van der Waals surface area contributed by atoms with Crippen LogP contribution in [0.25, 0.3) is 0 Å². The van der Waals surface area contributed by atoms with Crippen LogP contribution in [0.2, 0.25) is 0 Å². The number of nitrogens with one attached hydrogen (secondary N) is 1. The van der Waals surface area contributed by atoms with Crippen LogP contribution in [0.15, 0.2) is 18.7 Å². The largest absolute Gasteiger partial charge is 0.334 e. The Kier molecular flexibility index (Phi) is 4.16. The highest BCUT2D eigenvalue weighted by atomic mass is 16.1. The highest BCUT2D eigenvalue weighted by molar-refractivity contribution is 5.94. The Morgan fingerprint density at radius 2 is 2.12 bits per heavy atom. The average Bonchev–Trinajstić information content (AvgIpc) is 2.29. The summed E-state index contributed by atoms with van der Waals surface area (Å²) in [6.07, 6.45) is 4.81. The molecule has 1 heterocycles. The molecule has 1 amide bonds. The fourth-order valence-electron chi connectivity index (χ4n) is 1.68. The lowest BCUT2D eigenvalue weighted by Crippen LogP contribution is -2.45. The van der Waals surface area contributed by atoms with Gasteiger partial charge < -0.3 is 5.32 Å². The van der Waals surface area contributed by atoms with Crippen LogP contribution >= 0.6 is 0 Å². The van der Waals surface area contributed by atoms with Crippen LogP contribution in [0.3, 0.4) is 0 Å². The number of amides is 1. The van der Waals surface area contributed by atoms with Crippen LogP contribution < -0.4 is 5.32 Å². The monoisotopic (exact) mass is 232 g/mol. The minimum absolute atomic E-state index is 0.324. The molecule has 0 radical (unpaired) electrons. The van der Waals surface area contributed by atoms with Crippen LogP contribution in [0.4, 0.5) is 0 Å². The number of carbonyl (C=O) groups excluding carboxylic acids is 1. The summed E-state index contributed by atoms with van der Waals surface area (Å²) in [5.74, 6) is 0.00210. The van der Waals surface area contributed by atoms with Gasteiger partial charge in [-0.1, -0.05) is 13.8 Å². The zero-order chi connectivity index (χ0) is 12.9. The van der Waals surface area contributed by atoms with Crippen LogP contribution in [0.1, 0.15) is 37.6 Å². The Balaban J connectivity index is 2.77. The molecule has 1 atom stereocenters. The third-order valence-corrected chi connectivity index (χ3v) is 2.28. The van der Waals surface area contributed by atoms with Gasteiger partial charge in [-0.05, 0) is 19.3 Å². The number of hydrogen-bond donors (Lipinski definition) is 1. The van der Waals surface area contributed by atoms with Crippen molar-refractivity contribution >= 4 is 5.91 Å². The summed E-state index contributed by atoms with van der Waals surface area (Å²) in [5.41, 5.74) is -0.501. The van der Waals surface area contributed by atoms with Gasteiger partial charge in [-0.3, -0.25) is 4.79 Å². The molecule has 1 unspecified atom stereocenters. The van der Waals surface area contributed by atoms with E-state index >= 15 is 0 Å². The zero-order valence-electron chi connectivity index (χ0n) is 10.3. The number of hydrogen-bond acceptors (Lipinski definition) is 4. The first-order valence-corrected chi connectivity index (χ1v) is 5.45. The van der Waals surface area contributed by atoms with Crippen LogP contribution in [-0.2, 0) is 0 Å². The Bertz CT molecular complexity index is 424. The number of nitrogens with zero attached hydrogens (tertiary/aromatic N) is 3. The maximum absolute atomic E-state index is 11.9. The molecule has 0 aliphatic rings. The van der Waals surface area contributed by atoms with Crippen molar-refractivity contribution in [2.45, 2.75) is 32.7 Å². The highest BCUT2D eigenvalue weighted by Gasteiger charge is 2.27. The Hall–Kier alpha value is -1.96. The van der Waals surface area contributed by atoms with Crippen molar-refractivity contribution in [1.82, 2.24) is 15.3 Å². The van der Waals surface area contributed by atoms with Crippen molar-refractivity contribution in [3.8, 4) is 6.07 Å². The molecule has 1 aromatic heterocycles. The lowest BCUT2D eigenvalue weighted by Gasteiger charge is -2.24. The normalized spacial score (nSPS) is 13.8. The van der Waals surface area contributed by atoms with Gasteiger partial charge in [0.05, 0.1) is 11.6 Å². The molecule has 0 saturated heterocycles. The van der Waals surface area contributed by atoms with Gasteiger partial charge in [0.25, 0.3) is 5.91 Å². The summed E-state index contributed by atoms with van der Waals surface area (Å²) >= 11 is 0. The van der Waals surface area contributed by atoms with Gasteiger partial charge in [0, 0.05) is 12.4 Å². The molecule has 0 saturated carbocycles. The van der Waals surface area contributed by atoms with E-state index < -0.39 is 5.54 Å². The molecular formula is C12H16N4O. The molecule has 0 bridgehead atoms. The second kappa shape index (κ2) is 5.39. The van der Waals surface area contributed by atoms with E-state index in [0.29, 0.717) is 17.9 Å². The molecule has 1 N–H and O–H groups in total. The first-order valence-electron chi connectivity index (χ1n) is 5.45. The Morgan fingerprint density at radius 3 is 2.59 bits per heavy atom. The minimum atomic E-state index is -0.860. The number of aromatic nitrogens is 2.